The molecule has 0 atom stereocenters. The predicted molar refractivity (Wildman–Crippen MR) is 77.6 cm³/mol. The number of fused-ring (bicyclic) bond motifs is 1. The fourth-order valence-electron chi connectivity index (χ4n) is 2.55. The molecule has 1 aliphatic rings. The van der Waals surface area contributed by atoms with Gasteiger partial charge in [0.1, 0.15) is 11.3 Å². The van der Waals surface area contributed by atoms with E-state index in [1.54, 1.807) is 0 Å². The van der Waals surface area contributed by atoms with Gasteiger partial charge >= 0.3 is 0 Å². The summed E-state index contributed by atoms with van der Waals surface area (Å²) in [6, 6.07) is 8.22. The quantitative estimate of drug-likeness (QED) is 0.916. The molecule has 100 valence electrons. The minimum absolute atomic E-state index is 0.882. The van der Waals surface area contributed by atoms with Crippen molar-refractivity contribution in [3.05, 3.63) is 35.6 Å². The monoisotopic (exact) mass is 257 g/mol. The molecule has 3 rings (SSSR count). The first-order valence-corrected chi connectivity index (χ1v) is 6.72. The summed E-state index contributed by atoms with van der Waals surface area (Å²) in [6.45, 7) is 4.82. The average Bonchev–Trinajstić information content (AvgIpc) is 2.94. The zero-order valence-electron chi connectivity index (χ0n) is 11.4. The van der Waals surface area contributed by atoms with Gasteiger partial charge in [0.15, 0.2) is 5.96 Å². The second-order valence-electron chi connectivity index (χ2n) is 4.94. The number of furan rings is 1. The van der Waals surface area contributed by atoms with Gasteiger partial charge in [0.2, 0.25) is 0 Å². The van der Waals surface area contributed by atoms with Gasteiger partial charge in [-0.3, -0.25) is 4.99 Å². The second kappa shape index (κ2) is 4.96. The third kappa shape index (κ3) is 2.30. The summed E-state index contributed by atoms with van der Waals surface area (Å²) in [5.41, 5.74) is 2.27. The van der Waals surface area contributed by atoms with Crippen LogP contribution in [0.5, 0.6) is 0 Å². The second-order valence-corrected chi connectivity index (χ2v) is 4.94. The maximum absolute atomic E-state index is 5.77. The third-order valence-electron chi connectivity index (χ3n) is 3.62. The van der Waals surface area contributed by atoms with Crippen LogP contribution in [-0.2, 0) is 6.42 Å². The Morgan fingerprint density at radius 2 is 2.21 bits per heavy atom. The first kappa shape index (κ1) is 12.1. The zero-order chi connectivity index (χ0) is 13.2. The van der Waals surface area contributed by atoms with Crippen LogP contribution in [-0.4, -0.2) is 37.5 Å². The number of aryl methyl sites for hydroxylation is 1. The fourth-order valence-corrected chi connectivity index (χ4v) is 2.55. The van der Waals surface area contributed by atoms with Crippen LogP contribution >= 0.6 is 0 Å². The van der Waals surface area contributed by atoms with E-state index in [9.17, 15) is 0 Å². The highest BCUT2D eigenvalue weighted by Crippen LogP contribution is 2.25. The summed E-state index contributed by atoms with van der Waals surface area (Å²) in [5.74, 6) is 2.02. The summed E-state index contributed by atoms with van der Waals surface area (Å²) in [6.07, 6.45) is 0.954. The molecule has 1 aliphatic heterocycles. The molecule has 0 radical (unpaired) electrons. The van der Waals surface area contributed by atoms with Crippen LogP contribution in [0.1, 0.15) is 11.3 Å². The largest absolute Gasteiger partial charge is 0.461 e. The van der Waals surface area contributed by atoms with E-state index >= 15 is 0 Å². The lowest BCUT2D eigenvalue weighted by Gasteiger charge is -2.14. The van der Waals surface area contributed by atoms with E-state index in [-0.39, 0.29) is 0 Å². The number of para-hydroxylation sites is 1. The Bertz CT molecular complexity index is 615. The molecule has 19 heavy (non-hydrogen) atoms. The molecule has 4 nitrogen and oxygen atoms in total. The maximum Gasteiger partial charge on any atom is 0.193 e. The van der Waals surface area contributed by atoms with Crippen LogP contribution in [0.4, 0.5) is 0 Å². The Labute approximate surface area is 113 Å². The number of nitrogens with one attached hydrogen (secondary N) is 1. The van der Waals surface area contributed by atoms with E-state index in [0.29, 0.717) is 0 Å². The van der Waals surface area contributed by atoms with Crippen LogP contribution in [0.3, 0.4) is 0 Å². The summed E-state index contributed by atoms with van der Waals surface area (Å²) < 4.78 is 5.77. The van der Waals surface area contributed by atoms with Gasteiger partial charge in [-0.05, 0) is 19.4 Å². The molecule has 0 bridgehead atoms. The van der Waals surface area contributed by atoms with Crippen molar-refractivity contribution in [3.8, 4) is 0 Å². The highest BCUT2D eigenvalue weighted by Gasteiger charge is 2.13. The van der Waals surface area contributed by atoms with Crippen LogP contribution in [0, 0.1) is 6.92 Å². The van der Waals surface area contributed by atoms with E-state index in [1.807, 2.05) is 19.1 Å². The van der Waals surface area contributed by atoms with Crippen LogP contribution in [0.25, 0.3) is 11.0 Å². The van der Waals surface area contributed by atoms with Gasteiger partial charge in [0.05, 0.1) is 6.54 Å². The molecule has 1 N–H and O–H groups in total. The van der Waals surface area contributed by atoms with Crippen molar-refractivity contribution in [2.45, 2.75) is 13.3 Å². The van der Waals surface area contributed by atoms with Crippen molar-refractivity contribution in [1.29, 1.82) is 0 Å². The van der Waals surface area contributed by atoms with Crippen molar-refractivity contribution in [2.75, 3.05) is 26.7 Å². The Kier molecular flexibility index (Phi) is 3.15. The van der Waals surface area contributed by atoms with Gasteiger partial charge in [0.25, 0.3) is 0 Å². The molecule has 0 saturated heterocycles. The molecule has 1 aromatic carbocycles. The SMILES string of the molecule is Cc1oc2ccccc2c1CCNC1=NCCN1C. The molecular weight excluding hydrogens is 238 g/mol. The smallest absolute Gasteiger partial charge is 0.193 e. The number of hydrogen-bond donors (Lipinski definition) is 1. The Morgan fingerprint density at radius 3 is 3.00 bits per heavy atom. The van der Waals surface area contributed by atoms with Crippen molar-refractivity contribution in [1.82, 2.24) is 10.2 Å². The van der Waals surface area contributed by atoms with E-state index in [4.69, 9.17) is 4.42 Å². The minimum atomic E-state index is 0.882. The van der Waals surface area contributed by atoms with Crippen molar-refractivity contribution < 1.29 is 4.42 Å². The number of likely N-dealkylation sites (N-methyl/N-ethyl adjacent to an activating group) is 1. The van der Waals surface area contributed by atoms with Gasteiger partial charge in [-0.1, -0.05) is 18.2 Å². The number of rotatable bonds is 3. The number of guanidine groups is 1. The highest BCUT2D eigenvalue weighted by molar-refractivity contribution is 5.83. The first-order valence-electron chi connectivity index (χ1n) is 6.72. The zero-order valence-corrected chi connectivity index (χ0v) is 11.4. The molecule has 2 heterocycles. The number of benzene rings is 1. The first-order chi connectivity index (χ1) is 9.25. The van der Waals surface area contributed by atoms with Gasteiger partial charge in [-0.2, -0.15) is 0 Å². The molecule has 0 amide bonds. The van der Waals surface area contributed by atoms with E-state index in [2.05, 4.69) is 34.4 Å². The topological polar surface area (TPSA) is 40.8 Å². The lowest BCUT2D eigenvalue weighted by atomic mass is 10.1. The predicted octanol–water partition coefficient (Wildman–Crippen LogP) is 2.17. The summed E-state index contributed by atoms with van der Waals surface area (Å²) in [5, 5.41) is 4.62. The standard InChI is InChI=1S/C15H19N3O/c1-11-12(13-5-3-4-6-14(13)19-11)7-8-16-15-17-9-10-18(15)2/h3-6H,7-10H2,1-2H3,(H,16,17). The number of aliphatic imine (C=N–C) groups is 1. The van der Waals surface area contributed by atoms with Crippen LogP contribution in [0.15, 0.2) is 33.7 Å². The lowest BCUT2D eigenvalue weighted by molar-refractivity contribution is 0.533. The van der Waals surface area contributed by atoms with Gasteiger partial charge < -0.3 is 14.6 Å². The van der Waals surface area contributed by atoms with Crippen LogP contribution in [0.2, 0.25) is 0 Å². The molecule has 0 unspecified atom stereocenters. The average molecular weight is 257 g/mol. The van der Waals surface area contributed by atoms with Crippen molar-refractivity contribution >= 4 is 16.9 Å². The Balaban J connectivity index is 1.70. The number of nitrogens with zero attached hydrogens (tertiary/aromatic N) is 2. The molecule has 1 aromatic heterocycles. The maximum atomic E-state index is 5.77. The number of hydrogen-bond acceptors (Lipinski definition) is 4. The van der Waals surface area contributed by atoms with Crippen LogP contribution < -0.4 is 5.32 Å². The Morgan fingerprint density at radius 1 is 1.37 bits per heavy atom. The van der Waals surface area contributed by atoms with Gasteiger partial charge in [-0.15, -0.1) is 0 Å². The highest BCUT2D eigenvalue weighted by atomic mass is 16.3. The molecule has 0 spiro atoms. The van der Waals surface area contributed by atoms with Gasteiger partial charge in [0, 0.05) is 31.1 Å². The van der Waals surface area contributed by atoms with Crippen molar-refractivity contribution in [3.63, 3.8) is 0 Å². The Hall–Kier alpha value is -1.97. The fraction of sp³-hybridized carbons (Fsp3) is 0.400. The summed E-state index contributed by atoms with van der Waals surface area (Å²) in [7, 11) is 2.07. The van der Waals surface area contributed by atoms with E-state index in [0.717, 1.165) is 43.4 Å². The van der Waals surface area contributed by atoms with Crippen molar-refractivity contribution in [2.24, 2.45) is 4.99 Å². The molecule has 0 fully saturated rings. The van der Waals surface area contributed by atoms with E-state index < -0.39 is 0 Å². The molecular formula is C15H19N3O. The molecule has 2 aromatic rings. The normalized spacial score (nSPS) is 15.1. The lowest BCUT2D eigenvalue weighted by Crippen LogP contribution is -2.36. The summed E-state index contributed by atoms with van der Waals surface area (Å²) >= 11 is 0. The summed E-state index contributed by atoms with van der Waals surface area (Å²) in [4.78, 5) is 6.58. The van der Waals surface area contributed by atoms with E-state index in [1.165, 1.54) is 10.9 Å². The molecule has 0 saturated carbocycles. The molecule has 4 heteroatoms. The molecule has 0 aliphatic carbocycles. The van der Waals surface area contributed by atoms with Gasteiger partial charge in [-0.25, -0.2) is 0 Å². The minimum Gasteiger partial charge on any atom is -0.461 e. The third-order valence-corrected chi connectivity index (χ3v) is 3.62.